The Morgan fingerprint density at radius 2 is 1.76 bits per heavy atom. The molecule has 0 bridgehead atoms. The second-order valence-corrected chi connectivity index (χ2v) is 8.23. The number of nitrogens with one attached hydrogen (secondary N) is 1. The van der Waals surface area contributed by atoms with Crippen molar-refractivity contribution >= 4 is 34.8 Å². The number of nitrogens with zero attached hydrogens (tertiary/aromatic N) is 2. The van der Waals surface area contributed by atoms with E-state index in [1.165, 1.54) is 5.56 Å². The van der Waals surface area contributed by atoms with E-state index in [9.17, 15) is 8.78 Å². The first-order valence-corrected chi connectivity index (χ1v) is 10.6. The first-order chi connectivity index (χ1) is 14.1. The zero-order valence-electron chi connectivity index (χ0n) is 15.6. The minimum atomic E-state index is -2.41. The Bertz CT molecular complexity index is 859. The van der Waals surface area contributed by atoms with Crippen LogP contribution in [0.3, 0.4) is 0 Å². The molecule has 29 heavy (non-hydrogen) atoms. The lowest BCUT2D eigenvalue weighted by Crippen LogP contribution is -2.49. The smallest absolute Gasteiger partial charge is 0.288 e. The Kier molecular flexibility index (Phi) is 6.37. The van der Waals surface area contributed by atoms with Crippen LogP contribution in [0, 0.1) is 0 Å². The van der Waals surface area contributed by atoms with E-state index < -0.39 is 5.76 Å². The molecule has 0 aliphatic carbocycles. The van der Waals surface area contributed by atoms with Gasteiger partial charge in [-0.3, -0.25) is 4.90 Å². The van der Waals surface area contributed by atoms with Gasteiger partial charge in [0.2, 0.25) is 6.79 Å². The van der Waals surface area contributed by atoms with Crippen molar-refractivity contribution in [2.24, 2.45) is 0 Å². The quantitative estimate of drug-likeness (QED) is 0.554. The van der Waals surface area contributed by atoms with Crippen LogP contribution < -0.4 is 14.8 Å². The molecule has 0 radical (unpaired) electrons. The molecular weight excluding hydrogens is 416 g/mol. The minimum Gasteiger partial charge on any atom is -0.454 e. The Morgan fingerprint density at radius 1 is 1.03 bits per heavy atom. The van der Waals surface area contributed by atoms with Gasteiger partial charge < -0.3 is 19.7 Å². The van der Waals surface area contributed by atoms with E-state index >= 15 is 0 Å². The molecule has 0 aromatic heterocycles. The number of halogens is 2. The number of rotatable bonds is 5. The molecule has 0 saturated carbocycles. The van der Waals surface area contributed by atoms with Crippen molar-refractivity contribution in [3.63, 3.8) is 0 Å². The average Bonchev–Trinajstić information content (AvgIpc) is 3.17. The number of ether oxygens (including phenoxy) is 2. The number of anilines is 1. The summed E-state index contributed by atoms with van der Waals surface area (Å²) >= 11 is 6.06. The summed E-state index contributed by atoms with van der Waals surface area (Å²) in [7, 11) is 0. The van der Waals surface area contributed by atoms with Crippen molar-refractivity contribution in [1.29, 1.82) is 0 Å². The van der Waals surface area contributed by atoms with Gasteiger partial charge in [0.15, 0.2) is 16.6 Å². The molecule has 0 atom stereocenters. The minimum absolute atomic E-state index is 0.287. The topological polar surface area (TPSA) is 37.0 Å². The Morgan fingerprint density at radius 3 is 2.48 bits per heavy atom. The number of hydrogen-bond acceptors (Lipinski definition) is 5. The molecule has 2 aromatic rings. The monoisotopic (exact) mass is 437 g/mol. The molecule has 1 N–H and O–H groups in total. The van der Waals surface area contributed by atoms with E-state index in [0.717, 1.165) is 49.9 Å². The standard InChI is InChI=1S/C20H21F2N3O2S2/c21-19(22)29-16-4-2-15(3-5-16)23-20(28)25-9-7-24(8-10-25)12-14-1-6-17-18(11-14)27-13-26-17/h1-6,11,19H,7-10,12-13H2,(H,23,28). The van der Waals surface area contributed by atoms with E-state index in [0.29, 0.717) is 21.8 Å². The molecule has 0 unspecified atom stereocenters. The van der Waals surface area contributed by atoms with Gasteiger partial charge in [-0.2, -0.15) is 8.78 Å². The molecule has 2 heterocycles. The van der Waals surface area contributed by atoms with Crippen LogP contribution in [-0.4, -0.2) is 53.6 Å². The van der Waals surface area contributed by atoms with Crippen LogP contribution in [0.5, 0.6) is 11.5 Å². The van der Waals surface area contributed by atoms with Gasteiger partial charge in [-0.25, -0.2) is 0 Å². The highest BCUT2D eigenvalue weighted by molar-refractivity contribution is 7.99. The van der Waals surface area contributed by atoms with E-state index in [2.05, 4.69) is 21.2 Å². The molecule has 5 nitrogen and oxygen atoms in total. The van der Waals surface area contributed by atoms with Gasteiger partial charge in [0.05, 0.1) is 0 Å². The van der Waals surface area contributed by atoms with Crippen molar-refractivity contribution in [3.8, 4) is 11.5 Å². The van der Waals surface area contributed by atoms with Crippen LogP contribution in [0.15, 0.2) is 47.4 Å². The highest BCUT2D eigenvalue weighted by atomic mass is 32.2. The molecule has 2 aliphatic rings. The second kappa shape index (κ2) is 9.15. The second-order valence-electron chi connectivity index (χ2n) is 6.78. The lowest BCUT2D eigenvalue weighted by Gasteiger charge is -2.36. The lowest BCUT2D eigenvalue weighted by molar-refractivity contribution is 0.173. The summed E-state index contributed by atoms with van der Waals surface area (Å²) in [6, 6.07) is 13.0. The van der Waals surface area contributed by atoms with E-state index in [4.69, 9.17) is 21.7 Å². The maximum atomic E-state index is 12.4. The summed E-state index contributed by atoms with van der Waals surface area (Å²) in [5.41, 5.74) is 2.00. The molecule has 9 heteroatoms. The Balaban J connectivity index is 1.25. The number of benzene rings is 2. The summed E-state index contributed by atoms with van der Waals surface area (Å²) in [4.78, 5) is 5.05. The Labute approximate surface area is 178 Å². The number of fused-ring (bicyclic) bond motifs is 1. The van der Waals surface area contributed by atoms with E-state index in [1.807, 2.05) is 12.1 Å². The Hall–Kier alpha value is -2.10. The normalized spacial score (nSPS) is 16.3. The highest BCUT2D eigenvalue weighted by Crippen LogP contribution is 2.33. The fourth-order valence-electron chi connectivity index (χ4n) is 3.33. The van der Waals surface area contributed by atoms with Gasteiger partial charge in [0.25, 0.3) is 5.76 Å². The average molecular weight is 438 g/mol. The molecule has 2 aromatic carbocycles. The predicted octanol–water partition coefficient (Wildman–Crippen LogP) is 4.24. The number of hydrogen-bond donors (Lipinski definition) is 1. The van der Waals surface area contributed by atoms with Gasteiger partial charge in [-0.15, -0.1) is 0 Å². The van der Waals surface area contributed by atoms with Gasteiger partial charge in [-0.1, -0.05) is 17.8 Å². The highest BCUT2D eigenvalue weighted by Gasteiger charge is 2.20. The number of thiocarbonyl (C=S) groups is 1. The van der Waals surface area contributed by atoms with Crippen LogP contribution in [0.1, 0.15) is 5.56 Å². The molecule has 0 spiro atoms. The molecule has 154 valence electrons. The van der Waals surface area contributed by atoms with E-state index in [1.54, 1.807) is 24.3 Å². The van der Waals surface area contributed by atoms with Crippen molar-refractivity contribution in [3.05, 3.63) is 48.0 Å². The molecule has 1 saturated heterocycles. The van der Waals surface area contributed by atoms with E-state index in [-0.39, 0.29) is 6.79 Å². The van der Waals surface area contributed by atoms with Crippen LogP contribution in [0.4, 0.5) is 14.5 Å². The molecule has 2 aliphatic heterocycles. The van der Waals surface area contributed by atoms with Crippen molar-refractivity contribution in [2.75, 3.05) is 38.3 Å². The van der Waals surface area contributed by atoms with Crippen molar-refractivity contribution in [2.45, 2.75) is 17.2 Å². The third-order valence-corrected chi connectivity index (χ3v) is 5.92. The van der Waals surface area contributed by atoms with Crippen LogP contribution in [0.25, 0.3) is 0 Å². The van der Waals surface area contributed by atoms with Crippen molar-refractivity contribution in [1.82, 2.24) is 9.80 Å². The third kappa shape index (κ3) is 5.29. The number of piperazine rings is 1. The lowest BCUT2D eigenvalue weighted by atomic mass is 10.1. The number of alkyl halides is 2. The van der Waals surface area contributed by atoms with Gasteiger partial charge in [0.1, 0.15) is 0 Å². The predicted molar refractivity (Wildman–Crippen MR) is 114 cm³/mol. The maximum absolute atomic E-state index is 12.4. The first-order valence-electron chi connectivity index (χ1n) is 9.28. The summed E-state index contributed by atoms with van der Waals surface area (Å²) in [6.45, 7) is 4.61. The SMILES string of the molecule is FC(F)Sc1ccc(NC(=S)N2CCN(Cc3ccc4c(c3)OCO4)CC2)cc1. The summed E-state index contributed by atoms with van der Waals surface area (Å²) < 4.78 is 35.6. The van der Waals surface area contributed by atoms with Crippen LogP contribution in [-0.2, 0) is 6.54 Å². The van der Waals surface area contributed by atoms with Gasteiger partial charge in [-0.05, 0) is 54.2 Å². The largest absolute Gasteiger partial charge is 0.454 e. The summed E-state index contributed by atoms with van der Waals surface area (Å²) in [6.07, 6.45) is 0. The summed E-state index contributed by atoms with van der Waals surface area (Å²) in [5.74, 6) is -0.802. The molecule has 4 rings (SSSR count). The third-order valence-electron chi connectivity index (χ3n) is 4.83. The first kappa shape index (κ1) is 20.2. The number of thioether (sulfide) groups is 1. The zero-order valence-corrected chi connectivity index (χ0v) is 17.3. The molecule has 0 amide bonds. The van der Waals surface area contributed by atoms with Crippen LogP contribution in [0.2, 0.25) is 0 Å². The zero-order chi connectivity index (χ0) is 20.2. The summed E-state index contributed by atoms with van der Waals surface area (Å²) in [5, 5.41) is 3.85. The maximum Gasteiger partial charge on any atom is 0.288 e. The fraction of sp³-hybridized carbons (Fsp3) is 0.350. The fourth-order valence-corrected chi connectivity index (χ4v) is 4.13. The van der Waals surface area contributed by atoms with Crippen LogP contribution >= 0.6 is 24.0 Å². The van der Waals surface area contributed by atoms with Crippen molar-refractivity contribution < 1.29 is 18.3 Å². The van der Waals surface area contributed by atoms with Gasteiger partial charge in [0, 0.05) is 43.3 Å². The molecular formula is C20H21F2N3O2S2. The van der Waals surface area contributed by atoms with Gasteiger partial charge >= 0.3 is 0 Å². The molecule has 1 fully saturated rings.